The van der Waals surface area contributed by atoms with Crippen molar-refractivity contribution in [1.29, 1.82) is 0 Å². The van der Waals surface area contributed by atoms with Gasteiger partial charge in [-0.05, 0) is 19.1 Å². The summed E-state index contributed by atoms with van der Waals surface area (Å²) >= 11 is 0. The number of anilines is 1. The predicted molar refractivity (Wildman–Crippen MR) is 92.9 cm³/mol. The monoisotopic (exact) mass is 329 g/mol. The number of carbonyl (C=O) groups excluding carboxylic acids is 1. The van der Waals surface area contributed by atoms with Gasteiger partial charge in [-0.1, -0.05) is 12.1 Å². The van der Waals surface area contributed by atoms with Crippen LogP contribution in [-0.2, 0) is 9.53 Å². The summed E-state index contributed by atoms with van der Waals surface area (Å²) in [4.78, 5) is 23.0. The molecule has 1 amide bonds. The summed E-state index contributed by atoms with van der Waals surface area (Å²) in [7, 11) is 0. The van der Waals surface area contributed by atoms with E-state index in [2.05, 4.69) is 25.5 Å². The van der Waals surface area contributed by atoms with Crippen molar-refractivity contribution in [3.8, 4) is 0 Å². The molecule has 0 radical (unpaired) electrons. The number of hydrogen-bond acceptors (Lipinski definition) is 6. The molecule has 0 aliphatic carbocycles. The lowest BCUT2D eigenvalue weighted by molar-refractivity contribution is -0.121. The molecule has 0 spiro atoms. The van der Waals surface area contributed by atoms with Gasteiger partial charge in [-0.15, -0.1) is 0 Å². The summed E-state index contributed by atoms with van der Waals surface area (Å²) in [5.74, 6) is 0.641. The molecule has 0 saturated carbocycles. The molecule has 2 N–H and O–H groups in total. The molecule has 1 unspecified atom stereocenters. The Bertz CT molecular complexity index is 682. The standard InChI is InChI=1S/C17H23N5O2/c1-13(17(23)18-6-7-22-8-10-24-11-9-22)21-16-14-4-2-3-5-15(14)19-12-20-16/h2-5,12-13H,6-11H2,1H3,(H,18,23)(H,19,20,21). The number of nitrogens with one attached hydrogen (secondary N) is 2. The third kappa shape index (κ3) is 4.18. The smallest absolute Gasteiger partial charge is 0.242 e. The van der Waals surface area contributed by atoms with E-state index in [0.29, 0.717) is 12.4 Å². The van der Waals surface area contributed by atoms with Crippen molar-refractivity contribution >= 4 is 22.6 Å². The SMILES string of the molecule is CC(Nc1ncnc2ccccc12)C(=O)NCCN1CCOCC1. The molecule has 3 rings (SSSR count). The van der Waals surface area contributed by atoms with Crippen LogP contribution >= 0.6 is 0 Å². The molecule has 1 aliphatic rings. The maximum atomic E-state index is 12.3. The van der Waals surface area contributed by atoms with Gasteiger partial charge in [0.25, 0.3) is 0 Å². The first-order chi connectivity index (χ1) is 11.7. The van der Waals surface area contributed by atoms with Crippen LogP contribution in [0.2, 0.25) is 0 Å². The second-order valence-electron chi connectivity index (χ2n) is 5.85. The lowest BCUT2D eigenvalue weighted by atomic mass is 10.2. The van der Waals surface area contributed by atoms with Crippen molar-refractivity contribution < 1.29 is 9.53 Å². The fourth-order valence-electron chi connectivity index (χ4n) is 2.71. The van der Waals surface area contributed by atoms with E-state index in [1.54, 1.807) is 0 Å². The Labute approximate surface area is 141 Å². The van der Waals surface area contributed by atoms with Gasteiger partial charge in [0.15, 0.2) is 0 Å². The van der Waals surface area contributed by atoms with Gasteiger partial charge in [0.1, 0.15) is 18.2 Å². The van der Waals surface area contributed by atoms with Gasteiger partial charge in [0.05, 0.1) is 18.7 Å². The lowest BCUT2D eigenvalue weighted by Gasteiger charge is -2.26. The van der Waals surface area contributed by atoms with Crippen LogP contribution in [0.1, 0.15) is 6.92 Å². The maximum Gasteiger partial charge on any atom is 0.242 e. The summed E-state index contributed by atoms with van der Waals surface area (Å²) in [6.07, 6.45) is 1.51. The number of aromatic nitrogens is 2. The van der Waals surface area contributed by atoms with E-state index in [9.17, 15) is 4.79 Å². The molecule has 1 atom stereocenters. The van der Waals surface area contributed by atoms with E-state index in [1.165, 1.54) is 6.33 Å². The Morgan fingerprint density at radius 2 is 2.08 bits per heavy atom. The van der Waals surface area contributed by atoms with E-state index in [4.69, 9.17) is 4.74 Å². The quantitative estimate of drug-likeness (QED) is 0.819. The number of carbonyl (C=O) groups is 1. The highest BCUT2D eigenvalue weighted by molar-refractivity contribution is 5.91. The highest BCUT2D eigenvalue weighted by Gasteiger charge is 2.15. The van der Waals surface area contributed by atoms with Gasteiger partial charge in [-0.3, -0.25) is 9.69 Å². The Kier molecular flexibility index (Phi) is 5.55. The van der Waals surface area contributed by atoms with Crippen molar-refractivity contribution in [2.24, 2.45) is 0 Å². The third-order valence-electron chi connectivity index (χ3n) is 4.12. The first-order valence-corrected chi connectivity index (χ1v) is 8.28. The zero-order valence-corrected chi connectivity index (χ0v) is 13.9. The molecule has 7 heteroatoms. The largest absolute Gasteiger partial charge is 0.379 e. The first-order valence-electron chi connectivity index (χ1n) is 8.28. The zero-order chi connectivity index (χ0) is 16.8. The summed E-state index contributed by atoms with van der Waals surface area (Å²) in [5.41, 5.74) is 0.856. The highest BCUT2D eigenvalue weighted by Crippen LogP contribution is 2.18. The third-order valence-corrected chi connectivity index (χ3v) is 4.12. The van der Waals surface area contributed by atoms with Crippen LogP contribution in [0, 0.1) is 0 Å². The van der Waals surface area contributed by atoms with Gasteiger partial charge < -0.3 is 15.4 Å². The lowest BCUT2D eigenvalue weighted by Crippen LogP contribution is -2.44. The number of morpholine rings is 1. The molecule has 128 valence electrons. The van der Waals surface area contributed by atoms with Gasteiger partial charge in [0.2, 0.25) is 5.91 Å². The molecule has 7 nitrogen and oxygen atoms in total. The zero-order valence-electron chi connectivity index (χ0n) is 13.9. The number of hydrogen-bond donors (Lipinski definition) is 2. The predicted octanol–water partition coefficient (Wildman–Crippen LogP) is 0.879. The van der Waals surface area contributed by atoms with E-state index in [1.807, 2.05) is 31.2 Å². The molecule has 0 bridgehead atoms. The molecule has 1 fully saturated rings. The molecule has 1 aromatic heterocycles. The van der Waals surface area contributed by atoms with Crippen molar-refractivity contribution in [3.05, 3.63) is 30.6 Å². The van der Waals surface area contributed by atoms with Crippen LogP contribution in [0.5, 0.6) is 0 Å². The topological polar surface area (TPSA) is 79.4 Å². The van der Waals surface area contributed by atoms with Crippen molar-refractivity contribution in [3.63, 3.8) is 0 Å². The Morgan fingerprint density at radius 1 is 1.29 bits per heavy atom. The van der Waals surface area contributed by atoms with Gasteiger partial charge in [0, 0.05) is 31.6 Å². The second-order valence-corrected chi connectivity index (χ2v) is 5.85. The molecule has 2 heterocycles. The fraction of sp³-hybridized carbons (Fsp3) is 0.471. The van der Waals surface area contributed by atoms with E-state index < -0.39 is 0 Å². The summed E-state index contributed by atoms with van der Waals surface area (Å²) in [5, 5.41) is 7.06. The minimum atomic E-state index is -0.368. The van der Waals surface area contributed by atoms with Gasteiger partial charge in [-0.25, -0.2) is 9.97 Å². The van der Waals surface area contributed by atoms with Crippen LogP contribution < -0.4 is 10.6 Å². The van der Waals surface area contributed by atoms with E-state index >= 15 is 0 Å². The Balaban J connectivity index is 1.51. The van der Waals surface area contributed by atoms with Gasteiger partial charge in [-0.2, -0.15) is 0 Å². The minimum Gasteiger partial charge on any atom is -0.379 e. The molecule has 1 aromatic carbocycles. The molecule has 2 aromatic rings. The number of benzene rings is 1. The Hall–Kier alpha value is -2.25. The molecule has 24 heavy (non-hydrogen) atoms. The summed E-state index contributed by atoms with van der Waals surface area (Å²) < 4.78 is 5.32. The van der Waals surface area contributed by atoms with Crippen LogP contribution in [0.4, 0.5) is 5.82 Å². The summed E-state index contributed by atoms with van der Waals surface area (Å²) in [6, 6.07) is 7.37. The molecule has 1 aliphatic heterocycles. The minimum absolute atomic E-state index is 0.0362. The number of amides is 1. The van der Waals surface area contributed by atoms with Crippen molar-refractivity contribution in [2.75, 3.05) is 44.7 Å². The number of rotatable bonds is 6. The number of ether oxygens (including phenoxy) is 1. The second kappa shape index (κ2) is 8.03. The average Bonchev–Trinajstić information content (AvgIpc) is 2.63. The average molecular weight is 329 g/mol. The first kappa shape index (κ1) is 16.6. The maximum absolute atomic E-state index is 12.3. The van der Waals surface area contributed by atoms with Crippen LogP contribution in [0.15, 0.2) is 30.6 Å². The molecular formula is C17H23N5O2. The molecule has 1 saturated heterocycles. The Morgan fingerprint density at radius 3 is 2.92 bits per heavy atom. The number of para-hydroxylation sites is 1. The van der Waals surface area contributed by atoms with Crippen molar-refractivity contribution in [1.82, 2.24) is 20.2 Å². The van der Waals surface area contributed by atoms with Gasteiger partial charge >= 0.3 is 0 Å². The van der Waals surface area contributed by atoms with Crippen LogP contribution in [0.3, 0.4) is 0 Å². The highest BCUT2D eigenvalue weighted by atomic mass is 16.5. The van der Waals surface area contributed by atoms with E-state index in [0.717, 1.165) is 43.8 Å². The summed E-state index contributed by atoms with van der Waals surface area (Å²) in [6.45, 7) is 6.71. The number of nitrogens with zero attached hydrogens (tertiary/aromatic N) is 3. The number of fused-ring (bicyclic) bond motifs is 1. The van der Waals surface area contributed by atoms with Crippen LogP contribution in [0.25, 0.3) is 10.9 Å². The van der Waals surface area contributed by atoms with E-state index in [-0.39, 0.29) is 11.9 Å². The normalized spacial score (nSPS) is 16.7. The fourth-order valence-corrected chi connectivity index (χ4v) is 2.71. The molecular weight excluding hydrogens is 306 g/mol. The van der Waals surface area contributed by atoms with Crippen molar-refractivity contribution in [2.45, 2.75) is 13.0 Å². The van der Waals surface area contributed by atoms with Crippen LogP contribution in [-0.4, -0.2) is 66.2 Å².